The summed E-state index contributed by atoms with van der Waals surface area (Å²) in [5.41, 5.74) is 3.69. The zero-order valence-electron chi connectivity index (χ0n) is 20.0. The molecule has 0 radical (unpaired) electrons. The topological polar surface area (TPSA) is 37.3 Å². The maximum absolute atomic E-state index is 12.9. The first-order chi connectivity index (χ1) is 16.7. The average molecular weight is 478 g/mol. The molecule has 0 unspecified atom stereocenters. The summed E-state index contributed by atoms with van der Waals surface area (Å²) in [4.78, 5) is 15.4. The Hall–Kier alpha value is -2.30. The molecule has 2 aliphatic rings. The van der Waals surface area contributed by atoms with Gasteiger partial charge in [0.15, 0.2) is 0 Å². The third-order valence-corrected chi connectivity index (χ3v) is 8.10. The molecule has 1 aromatic heterocycles. The maximum atomic E-state index is 12.9. The third kappa shape index (κ3) is 5.50. The van der Waals surface area contributed by atoms with Gasteiger partial charge in [-0.1, -0.05) is 73.7 Å². The smallest absolute Gasteiger partial charge is 0.223 e. The summed E-state index contributed by atoms with van der Waals surface area (Å²) in [5, 5.41) is 5.46. The number of halogens is 1. The fourth-order valence-corrected chi connectivity index (χ4v) is 5.90. The molecule has 180 valence electrons. The van der Waals surface area contributed by atoms with Crippen molar-refractivity contribution in [2.45, 2.75) is 70.5 Å². The maximum Gasteiger partial charge on any atom is 0.223 e. The number of para-hydroxylation sites is 1. The Morgan fingerprint density at radius 2 is 1.59 bits per heavy atom. The van der Waals surface area contributed by atoms with Crippen molar-refractivity contribution in [3.8, 4) is 0 Å². The van der Waals surface area contributed by atoms with E-state index in [2.05, 4.69) is 57.2 Å². The van der Waals surface area contributed by atoms with Crippen LogP contribution in [0.4, 0.5) is 0 Å². The van der Waals surface area contributed by atoms with Crippen molar-refractivity contribution in [1.82, 2.24) is 14.8 Å². The van der Waals surface area contributed by atoms with Gasteiger partial charge < -0.3 is 9.88 Å². The van der Waals surface area contributed by atoms with Gasteiger partial charge in [-0.3, -0.25) is 9.69 Å². The van der Waals surface area contributed by atoms with Gasteiger partial charge in [0.2, 0.25) is 5.91 Å². The molecular weight excluding hydrogens is 442 g/mol. The molecule has 5 heteroatoms. The number of hydrogen-bond acceptors (Lipinski definition) is 2. The minimum atomic E-state index is 0.161. The number of nitrogens with one attached hydrogen (secondary N) is 1. The highest BCUT2D eigenvalue weighted by Gasteiger charge is 2.27. The second-order valence-corrected chi connectivity index (χ2v) is 10.5. The van der Waals surface area contributed by atoms with Crippen LogP contribution in [0.25, 0.3) is 10.9 Å². The second-order valence-electron chi connectivity index (χ2n) is 10.1. The summed E-state index contributed by atoms with van der Waals surface area (Å²) in [7, 11) is 0. The lowest BCUT2D eigenvalue weighted by molar-refractivity contribution is -0.127. The molecule has 1 amide bonds. The molecule has 2 fully saturated rings. The van der Waals surface area contributed by atoms with E-state index in [9.17, 15) is 4.79 Å². The van der Waals surface area contributed by atoms with Crippen LogP contribution in [0.1, 0.15) is 62.6 Å². The molecule has 3 aromatic rings. The summed E-state index contributed by atoms with van der Waals surface area (Å²) in [6, 6.07) is 19.4. The number of aromatic nitrogens is 1. The summed E-state index contributed by atoms with van der Waals surface area (Å²) in [6.07, 6.45) is 9.35. The third-order valence-electron chi connectivity index (χ3n) is 7.73. The molecule has 2 heterocycles. The van der Waals surface area contributed by atoms with E-state index in [1.165, 1.54) is 42.3 Å². The van der Waals surface area contributed by atoms with Crippen LogP contribution in [0, 0.1) is 5.92 Å². The van der Waals surface area contributed by atoms with E-state index < -0.39 is 0 Å². The molecule has 1 saturated heterocycles. The van der Waals surface area contributed by atoms with Gasteiger partial charge in [0, 0.05) is 41.3 Å². The number of rotatable bonds is 6. The number of fused-ring (bicyclic) bond motifs is 1. The van der Waals surface area contributed by atoms with Crippen LogP contribution in [0.3, 0.4) is 0 Å². The van der Waals surface area contributed by atoms with Crippen molar-refractivity contribution in [2.24, 2.45) is 5.92 Å². The molecule has 0 atom stereocenters. The lowest BCUT2D eigenvalue weighted by Crippen LogP contribution is -2.43. The van der Waals surface area contributed by atoms with Crippen LogP contribution in [0.15, 0.2) is 54.6 Å². The summed E-state index contributed by atoms with van der Waals surface area (Å²) in [6.45, 7) is 3.60. The highest BCUT2D eigenvalue weighted by atomic mass is 35.5. The van der Waals surface area contributed by atoms with Gasteiger partial charge in [-0.2, -0.15) is 0 Å². The van der Waals surface area contributed by atoms with Crippen molar-refractivity contribution < 1.29 is 4.79 Å². The predicted octanol–water partition coefficient (Wildman–Crippen LogP) is 6.39. The van der Waals surface area contributed by atoms with Crippen LogP contribution < -0.4 is 5.32 Å². The molecule has 2 aromatic carbocycles. The molecule has 1 saturated carbocycles. The van der Waals surface area contributed by atoms with Gasteiger partial charge in [0.05, 0.1) is 0 Å². The second kappa shape index (κ2) is 11.0. The Morgan fingerprint density at radius 1 is 0.882 bits per heavy atom. The fourth-order valence-electron chi connectivity index (χ4n) is 5.71. The minimum absolute atomic E-state index is 0.161. The highest BCUT2D eigenvalue weighted by molar-refractivity contribution is 6.31. The van der Waals surface area contributed by atoms with Crippen LogP contribution in [-0.4, -0.2) is 34.5 Å². The molecule has 1 aliphatic heterocycles. The zero-order chi connectivity index (χ0) is 23.3. The normalized spacial score (nSPS) is 18.7. The number of piperidine rings is 1. The summed E-state index contributed by atoms with van der Waals surface area (Å²) in [5.74, 6) is 0.452. The lowest BCUT2D eigenvalue weighted by atomic mass is 9.95. The van der Waals surface area contributed by atoms with Gasteiger partial charge >= 0.3 is 0 Å². The van der Waals surface area contributed by atoms with Crippen molar-refractivity contribution in [2.75, 3.05) is 13.1 Å². The Labute approximate surface area is 208 Å². The van der Waals surface area contributed by atoms with Gasteiger partial charge in [-0.15, -0.1) is 0 Å². The lowest BCUT2D eigenvalue weighted by Gasteiger charge is -2.32. The fraction of sp³-hybridized carbons (Fsp3) is 0.483. The Bertz CT molecular complexity index is 1110. The summed E-state index contributed by atoms with van der Waals surface area (Å²) < 4.78 is 2.40. The van der Waals surface area contributed by atoms with Crippen LogP contribution >= 0.6 is 11.6 Å². The molecule has 0 bridgehead atoms. The van der Waals surface area contributed by atoms with Crippen molar-refractivity contribution in [3.05, 3.63) is 70.9 Å². The van der Waals surface area contributed by atoms with Crippen molar-refractivity contribution in [1.29, 1.82) is 0 Å². The molecule has 1 N–H and O–H groups in total. The van der Waals surface area contributed by atoms with Gasteiger partial charge in [0.1, 0.15) is 0 Å². The van der Waals surface area contributed by atoms with Gasteiger partial charge in [0.25, 0.3) is 0 Å². The molecule has 1 aliphatic carbocycles. The number of likely N-dealkylation sites (tertiary alicyclic amines) is 1. The minimum Gasteiger partial charge on any atom is -0.353 e. The SMILES string of the molecule is O=C(NC1CCCCCC1)C1CCN(Cc2cc3ccccc3n2Cc2ccccc2Cl)CC1. The van der Waals surface area contributed by atoms with E-state index in [0.29, 0.717) is 11.9 Å². The van der Waals surface area contributed by atoms with Gasteiger partial charge in [-0.25, -0.2) is 0 Å². The number of nitrogens with zero attached hydrogens (tertiary/aromatic N) is 2. The molecule has 34 heavy (non-hydrogen) atoms. The first-order valence-corrected chi connectivity index (χ1v) is 13.4. The van der Waals surface area contributed by atoms with E-state index in [4.69, 9.17) is 11.6 Å². The zero-order valence-corrected chi connectivity index (χ0v) is 20.8. The largest absolute Gasteiger partial charge is 0.353 e. The Balaban J connectivity index is 1.24. The van der Waals surface area contributed by atoms with Crippen LogP contribution in [0.5, 0.6) is 0 Å². The summed E-state index contributed by atoms with van der Waals surface area (Å²) >= 11 is 6.50. The molecular formula is C29H36ClN3O. The van der Waals surface area contributed by atoms with Crippen molar-refractivity contribution >= 4 is 28.4 Å². The number of hydrogen-bond donors (Lipinski definition) is 1. The van der Waals surface area contributed by atoms with E-state index in [1.807, 2.05) is 12.1 Å². The Kier molecular flexibility index (Phi) is 7.56. The molecule has 5 rings (SSSR count). The standard InChI is InChI=1S/C29H36ClN3O/c30-27-13-7-5-10-24(27)20-33-26(19-23-9-6-8-14-28(23)33)21-32-17-15-22(16-18-32)29(34)31-25-11-3-1-2-4-12-25/h5-10,13-14,19,22,25H,1-4,11-12,15-18,20-21H2,(H,31,34). The number of carbonyl (C=O) groups is 1. The Morgan fingerprint density at radius 3 is 2.35 bits per heavy atom. The first kappa shape index (κ1) is 23.4. The average Bonchev–Trinajstić information content (AvgIpc) is 3.00. The number of amides is 1. The van der Waals surface area contributed by atoms with E-state index in [1.54, 1.807) is 0 Å². The quantitative estimate of drug-likeness (QED) is 0.417. The van der Waals surface area contributed by atoms with Crippen LogP contribution in [0.2, 0.25) is 5.02 Å². The highest BCUT2D eigenvalue weighted by Crippen LogP contribution is 2.27. The van der Waals surface area contributed by atoms with E-state index >= 15 is 0 Å². The predicted molar refractivity (Wildman–Crippen MR) is 140 cm³/mol. The molecule has 4 nitrogen and oxygen atoms in total. The first-order valence-electron chi connectivity index (χ1n) is 13.0. The number of carbonyl (C=O) groups excluding carboxylic acids is 1. The van der Waals surface area contributed by atoms with Crippen molar-refractivity contribution in [3.63, 3.8) is 0 Å². The molecule has 0 spiro atoms. The van der Waals surface area contributed by atoms with Gasteiger partial charge in [-0.05, 0) is 67.9 Å². The monoisotopic (exact) mass is 477 g/mol. The van der Waals surface area contributed by atoms with E-state index in [-0.39, 0.29) is 5.92 Å². The van der Waals surface area contributed by atoms with Crippen LogP contribution in [-0.2, 0) is 17.9 Å². The number of benzene rings is 2. The van der Waals surface area contributed by atoms with E-state index in [0.717, 1.165) is 62.4 Å².